The van der Waals surface area contributed by atoms with E-state index >= 15 is 0 Å². The fourth-order valence-electron chi connectivity index (χ4n) is 4.15. The van der Waals surface area contributed by atoms with Gasteiger partial charge in [0.2, 0.25) is 0 Å². The monoisotopic (exact) mass is 331 g/mol. The van der Waals surface area contributed by atoms with Crippen LogP contribution >= 0.6 is 0 Å². The van der Waals surface area contributed by atoms with Crippen LogP contribution in [0.25, 0.3) is 0 Å². The highest BCUT2D eigenvalue weighted by atomic mass is 16.2. The van der Waals surface area contributed by atoms with E-state index in [0.29, 0.717) is 17.8 Å². The molecule has 0 unspecified atom stereocenters. The average Bonchev–Trinajstić information content (AvgIpc) is 3.28. The van der Waals surface area contributed by atoms with Gasteiger partial charge in [0.1, 0.15) is 0 Å². The van der Waals surface area contributed by atoms with E-state index in [1.807, 2.05) is 10.9 Å². The van der Waals surface area contributed by atoms with Crippen LogP contribution in [0.5, 0.6) is 0 Å². The minimum Gasteiger partial charge on any atom is -0.348 e. The number of amides is 1. The van der Waals surface area contributed by atoms with Crippen molar-refractivity contribution < 1.29 is 4.79 Å². The molecule has 3 fully saturated rings. The smallest absolute Gasteiger partial charge is 0.273 e. The van der Waals surface area contributed by atoms with E-state index < -0.39 is 0 Å². The first-order valence-corrected chi connectivity index (χ1v) is 9.73. The summed E-state index contributed by atoms with van der Waals surface area (Å²) in [7, 11) is 0. The maximum atomic E-state index is 12.0. The van der Waals surface area contributed by atoms with Gasteiger partial charge in [-0.15, -0.1) is 5.10 Å². The fraction of sp³-hybridized carbons (Fsp3) is 0.833. The lowest BCUT2D eigenvalue weighted by atomic mass is 9.88. The molecular formula is C18H29N5O. The second kappa shape index (κ2) is 7.21. The number of hydrogen-bond acceptors (Lipinski definition) is 4. The van der Waals surface area contributed by atoms with Crippen LogP contribution in [0.15, 0.2) is 6.20 Å². The van der Waals surface area contributed by atoms with Crippen LogP contribution in [0.2, 0.25) is 0 Å². The predicted molar refractivity (Wildman–Crippen MR) is 91.8 cm³/mol. The molecule has 1 N–H and O–H groups in total. The van der Waals surface area contributed by atoms with Crippen molar-refractivity contribution in [3.05, 3.63) is 11.9 Å². The van der Waals surface area contributed by atoms with Crippen molar-refractivity contribution in [2.45, 2.75) is 69.9 Å². The predicted octanol–water partition coefficient (Wildman–Crippen LogP) is 2.39. The molecule has 1 aromatic rings. The summed E-state index contributed by atoms with van der Waals surface area (Å²) >= 11 is 0. The number of aromatic nitrogens is 3. The number of carbonyl (C=O) groups is 1. The number of likely N-dealkylation sites (tertiary alicyclic amines) is 1. The minimum absolute atomic E-state index is 0.0708. The Hall–Kier alpha value is -1.43. The Morgan fingerprint density at radius 3 is 2.54 bits per heavy atom. The number of piperidine rings is 1. The Bertz CT molecular complexity index is 554. The van der Waals surface area contributed by atoms with Gasteiger partial charge in [-0.25, -0.2) is 4.68 Å². The van der Waals surface area contributed by atoms with E-state index in [0.717, 1.165) is 44.7 Å². The van der Waals surface area contributed by atoms with Crippen LogP contribution in [0, 0.1) is 5.92 Å². The van der Waals surface area contributed by atoms with Crippen LogP contribution < -0.4 is 5.32 Å². The Balaban J connectivity index is 1.26. The maximum absolute atomic E-state index is 12.0. The van der Waals surface area contributed by atoms with Gasteiger partial charge in [-0.3, -0.25) is 4.79 Å². The minimum atomic E-state index is -0.0708. The second-order valence-corrected chi connectivity index (χ2v) is 7.87. The van der Waals surface area contributed by atoms with Crippen LogP contribution in [0.1, 0.15) is 74.3 Å². The summed E-state index contributed by atoms with van der Waals surface area (Å²) in [6, 6.07) is 0.758. The Morgan fingerprint density at radius 2 is 1.83 bits per heavy atom. The van der Waals surface area contributed by atoms with Crippen LogP contribution in [0.4, 0.5) is 0 Å². The molecule has 1 aliphatic heterocycles. The fourth-order valence-corrected chi connectivity index (χ4v) is 4.15. The molecule has 3 aliphatic rings. The lowest BCUT2D eigenvalue weighted by Gasteiger charge is -2.35. The van der Waals surface area contributed by atoms with Gasteiger partial charge < -0.3 is 10.2 Å². The summed E-state index contributed by atoms with van der Waals surface area (Å²) in [6.07, 6.45) is 13.4. The van der Waals surface area contributed by atoms with E-state index in [-0.39, 0.29) is 5.91 Å². The van der Waals surface area contributed by atoms with Gasteiger partial charge in [0, 0.05) is 25.7 Å². The summed E-state index contributed by atoms with van der Waals surface area (Å²) < 4.78 is 1.92. The number of carbonyl (C=O) groups excluding carboxylic acids is 1. The maximum Gasteiger partial charge on any atom is 0.273 e. The molecule has 0 bridgehead atoms. The molecule has 1 aromatic heterocycles. The second-order valence-electron chi connectivity index (χ2n) is 7.87. The van der Waals surface area contributed by atoms with Gasteiger partial charge in [0.05, 0.1) is 12.2 Å². The molecule has 1 saturated heterocycles. The van der Waals surface area contributed by atoms with Crippen LogP contribution in [-0.2, 0) is 0 Å². The van der Waals surface area contributed by atoms with Crippen molar-refractivity contribution >= 4 is 5.91 Å². The largest absolute Gasteiger partial charge is 0.348 e. The van der Waals surface area contributed by atoms with E-state index in [9.17, 15) is 4.79 Å². The van der Waals surface area contributed by atoms with Gasteiger partial charge in [-0.1, -0.05) is 24.5 Å². The van der Waals surface area contributed by atoms with E-state index in [4.69, 9.17) is 0 Å². The Labute approximate surface area is 144 Å². The van der Waals surface area contributed by atoms with Crippen molar-refractivity contribution in [2.24, 2.45) is 5.92 Å². The van der Waals surface area contributed by atoms with Gasteiger partial charge in [-0.2, -0.15) is 0 Å². The molecule has 24 heavy (non-hydrogen) atoms. The number of rotatable bonds is 5. The van der Waals surface area contributed by atoms with Crippen molar-refractivity contribution in [2.75, 3.05) is 19.6 Å². The van der Waals surface area contributed by atoms with Crippen molar-refractivity contribution in [1.82, 2.24) is 25.2 Å². The molecule has 0 aromatic carbocycles. The summed E-state index contributed by atoms with van der Waals surface area (Å²) in [5, 5.41) is 11.3. The van der Waals surface area contributed by atoms with Gasteiger partial charge in [-0.05, 0) is 44.4 Å². The number of hydrogen-bond donors (Lipinski definition) is 1. The van der Waals surface area contributed by atoms with E-state index in [1.54, 1.807) is 0 Å². The SMILES string of the molecule is O=C(NC1CC1)c1cn(C2CCN(CC3CCCCC3)CC2)nn1. The molecule has 1 amide bonds. The number of nitrogens with one attached hydrogen (secondary N) is 1. The lowest BCUT2D eigenvalue weighted by molar-refractivity contribution is 0.0946. The highest BCUT2D eigenvalue weighted by molar-refractivity contribution is 5.92. The highest BCUT2D eigenvalue weighted by Crippen LogP contribution is 2.27. The number of nitrogens with zero attached hydrogens (tertiary/aromatic N) is 4. The third-order valence-corrected chi connectivity index (χ3v) is 5.83. The first-order chi connectivity index (χ1) is 11.8. The molecule has 2 saturated carbocycles. The summed E-state index contributed by atoms with van der Waals surface area (Å²) in [5.74, 6) is 0.845. The zero-order chi connectivity index (χ0) is 16.4. The topological polar surface area (TPSA) is 63.1 Å². The quantitative estimate of drug-likeness (QED) is 0.900. The highest BCUT2D eigenvalue weighted by Gasteiger charge is 2.27. The normalized spacial score (nSPS) is 24.2. The van der Waals surface area contributed by atoms with E-state index in [2.05, 4.69) is 20.5 Å². The molecule has 0 radical (unpaired) electrons. The molecular weight excluding hydrogens is 302 g/mol. The third kappa shape index (κ3) is 3.97. The zero-order valence-electron chi connectivity index (χ0n) is 14.5. The van der Waals surface area contributed by atoms with Gasteiger partial charge >= 0.3 is 0 Å². The van der Waals surface area contributed by atoms with Crippen molar-refractivity contribution in [3.8, 4) is 0 Å². The molecule has 0 atom stereocenters. The molecule has 4 rings (SSSR count). The summed E-state index contributed by atoms with van der Waals surface area (Å²) in [5.41, 5.74) is 0.464. The average molecular weight is 331 g/mol. The van der Waals surface area contributed by atoms with E-state index in [1.165, 1.54) is 38.6 Å². The first-order valence-electron chi connectivity index (χ1n) is 9.73. The zero-order valence-corrected chi connectivity index (χ0v) is 14.5. The standard InChI is InChI=1S/C18H29N5O/c24-18(19-15-6-7-15)17-13-23(21-20-17)16-8-10-22(11-9-16)12-14-4-2-1-3-5-14/h13-16H,1-12H2,(H,19,24). The molecule has 132 valence electrons. The Morgan fingerprint density at radius 1 is 1.08 bits per heavy atom. The van der Waals surface area contributed by atoms with Crippen LogP contribution in [-0.4, -0.2) is 51.5 Å². The third-order valence-electron chi connectivity index (χ3n) is 5.83. The molecule has 2 aliphatic carbocycles. The molecule has 0 spiro atoms. The lowest BCUT2D eigenvalue weighted by Crippen LogP contribution is -2.38. The van der Waals surface area contributed by atoms with Gasteiger partial charge in [0.15, 0.2) is 5.69 Å². The van der Waals surface area contributed by atoms with Crippen molar-refractivity contribution in [3.63, 3.8) is 0 Å². The summed E-state index contributed by atoms with van der Waals surface area (Å²) in [6.45, 7) is 3.56. The van der Waals surface area contributed by atoms with Crippen molar-refractivity contribution in [1.29, 1.82) is 0 Å². The van der Waals surface area contributed by atoms with Gasteiger partial charge in [0.25, 0.3) is 5.91 Å². The van der Waals surface area contributed by atoms with Crippen LogP contribution in [0.3, 0.4) is 0 Å². The molecule has 6 heteroatoms. The summed E-state index contributed by atoms with van der Waals surface area (Å²) in [4.78, 5) is 14.7. The first kappa shape index (κ1) is 16.1. The Kier molecular flexibility index (Phi) is 4.83. The molecule has 2 heterocycles. The molecule has 6 nitrogen and oxygen atoms in total.